The molecule has 0 unspecified atom stereocenters. The summed E-state index contributed by atoms with van der Waals surface area (Å²) >= 11 is 0. The summed E-state index contributed by atoms with van der Waals surface area (Å²) in [4.78, 5) is 26.0. The topological polar surface area (TPSA) is 103 Å². The maximum absolute atomic E-state index is 12.2. The number of hydrogen-bond donors (Lipinski definition) is 2. The Balaban J connectivity index is 2.25. The van der Waals surface area contributed by atoms with E-state index in [1.165, 1.54) is 7.11 Å². The van der Waals surface area contributed by atoms with Gasteiger partial charge in [-0.25, -0.2) is 4.79 Å². The van der Waals surface area contributed by atoms with Gasteiger partial charge in [0.2, 0.25) is 0 Å². The van der Waals surface area contributed by atoms with E-state index >= 15 is 0 Å². The lowest BCUT2D eigenvalue weighted by Crippen LogP contribution is -2.38. The van der Waals surface area contributed by atoms with E-state index in [4.69, 9.17) is 26.4 Å². The first-order chi connectivity index (χ1) is 14.7. The third kappa shape index (κ3) is 10.6. The molecule has 0 fully saturated rings. The SMILES string of the molecule is C#CCCN(CCCOCCCNC(=O)c1ccc(N)c(OC)c1)C(=O)OC(C)(C)C. The van der Waals surface area contributed by atoms with Crippen LogP contribution in [0, 0.1) is 12.3 Å². The molecule has 1 aromatic carbocycles. The maximum Gasteiger partial charge on any atom is 0.410 e. The lowest BCUT2D eigenvalue weighted by molar-refractivity contribution is 0.0232. The molecule has 31 heavy (non-hydrogen) atoms. The van der Waals surface area contributed by atoms with Crippen LogP contribution in [0.25, 0.3) is 0 Å². The maximum atomic E-state index is 12.2. The number of nitrogen functional groups attached to an aromatic ring is 1. The number of nitrogens with two attached hydrogens (primary N) is 1. The second-order valence-electron chi connectivity index (χ2n) is 7.95. The number of rotatable bonds is 12. The summed E-state index contributed by atoms with van der Waals surface area (Å²) in [6.45, 7) is 7.93. The lowest BCUT2D eigenvalue weighted by atomic mass is 10.2. The normalized spacial score (nSPS) is 10.8. The lowest BCUT2D eigenvalue weighted by Gasteiger charge is -2.27. The van der Waals surface area contributed by atoms with E-state index in [0.717, 1.165) is 0 Å². The number of ether oxygens (including phenoxy) is 3. The second kappa shape index (κ2) is 13.4. The van der Waals surface area contributed by atoms with Crippen LogP contribution in [-0.2, 0) is 9.47 Å². The molecule has 0 saturated carbocycles. The number of anilines is 1. The molecular weight excluding hydrogens is 398 g/mol. The molecule has 0 bridgehead atoms. The van der Waals surface area contributed by atoms with Crippen molar-refractivity contribution >= 4 is 17.7 Å². The number of methoxy groups -OCH3 is 1. The fourth-order valence-electron chi connectivity index (χ4n) is 2.61. The van der Waals surface area contributed by atoms with E-state index in [-0.39, 0.29) is 12.0 Å². The van der Waals surface area contributed by atoms with Gasteiger partial charge in [0.25, 0.3) is 5.91 Å². The molecule has 0 atom stereocenters. The second-order valence-corrected chi connectivity index (χ2v) is 7.95. The summed E-state index contributed by atoms with van der Waals surface area (Å²) in [5.74, 6) is 2.82. The van der Waals surface area contributed by atoms with E-state index < -0.39 is 5.60 Å². The van der Waals surface area contributed by atoms with Crippen LogP contribution < -0.4 is 15.8 Å². The highest BCUT2D eigenvalue weighted by atomic mass is 16.6. The van der Waals surface area contributed by atoms with E-state index in [1.54, 1.807) is 23.1 Å². The Morgan fingerprint density at radius 1 is 1.19 bits per heavy atom. The number of carbonyl (C=O) groups excluding carboxylic acids is 2. The van der Waals surface area contributed by atoms with Crippen LogP contribution >= 0.6 is 0 Å². The summed E-state index contributed by atoms with van der Waals surface area (Å²) in [7, 11) is 1.51. The first kappa shape index (κ1) is 26.1. The van der Waals surface area contributed by atoms with Gasteiger partial charge in [-0.1, -0.05) is 0 Å². The summed E-state index contributed by atoms with van der Waals surface area (Å²) in [6.07, 6.45) is 6.75. The van der Waals surface area contributed by atoms with E-state index in [0.29, 0.717) is 69.1 Å². The minimum Gasteiger partial charge on any atom is -0.495 e. The van der Waals surface area contributed by atoms with Crippen molar-refractivity contribution < 1.29 is 23.8 Å². The summed E-state index contributed by atoms with van der Waals surface area (Å²) in [5.41, 5.74) is 6.17. The molecule has 0 aliphatic carbocycles. The molecular formula is C23H35N3O5. The number of hydrogen-bond acceptors (Lipinski definition) is 6. The standard InChI is InChI=1S/C23H35N3O5/c1-6-7-13-26(22(28)31-23(2,3)4)14-9-16-30-15-8-12-25-21(27)18-10-11-19(24)20(17-18)29-5/h1,10-11,17H,7-9,12-16,24H2,2-5H3,(H,25,27). The van der Waals surface area contributed by atoms with Gasteiger partial charge in [0.05, 0.1) is 12.8 Å². The minimum absolute atomic E-state index is 0.195. The zero-order valence-electron chi connectivity index (χ0n) is 19.0. The monoisotopic (exact) mass is 433 g/mol. The van der Waals surface area contributed by atoms with Gasteiger partial charge in [-0.15, -0.1) is 12.3 Å². The number of carbonyl (C=O) groups is 2. The molecule has 0 aliphatic heterocycles. The fraction of sp³-hybridized carbons (Fsp3) is 0.565. The van der Waals surface area contributed by atoms with Gasteiger partial charge < -0.3 is 30.2 Å². The quantitative estimate of drug-likeness (QED) is 0.298. The van der Waals surface area contributed by atoms with Gasteiger partial charge in [0.1, 0.15) is 11.4 Å². The Kier molecular flexibility index (Phi) is 11.3. The van der Waals surface area contributed by atoms with Crippen LogP contribution in [0.5, 0.6) is 5.75 Å². The van der Waals surface area contributed by atoms with Gasteiger partial charge in [-0.3, -0.25) is 4.79 Å². The highest BCUT2D eigenvalue weighted by Crippen LogP contribution is 2.22. The molecule has 3 N–H and O–H groups in total. The van der Waals surface area contributed by atoms with Crippen LogP contribution in [0.1, 0.15) is 50.4 Å². The van der Waals surface area contributed by atoms with Gasteiger partial charge in [-0.2, -0.15) is 0 Å². The zero-order chi connectivity index (χ0) is 23.3. The number of amides is 2. The average Bonchev–Trinajstić information content (AvgIpc) is 2.70. The fourth-order valence-corrected chi connectivity index (χ4v) is 2.61. The van der Waals surface area contributed by atoms with Crippen molar-refractivity contribution in [1.29, 1.82) is 0 Å². The molecule has 0 heterocycles. The summed E-state index contributed by atoms with van der Waals surface area (Å²) in [6, 6.07) is 4.90. The highest BCUT2D eigenvalue weighted by molar-refractivity contribution is 5.95. The van der Waals surface area contributed by atoms with Crippen molar-refractivity contribution in [3.63, 3.8) is 0 Å². The molecule has 0 spiro atoms. The predicted molar refractivity (Wildman–Crippen MR) is 121 cm³/mol. The third-order valence-electron chi connectivity index (χ3n) is 4.14. The molecule has 1 rings (SSSR count). The van der Waals surface area contributed by atoms with Crippen LogP contribution in [0.3, 0.4) is 0 Å². The van der Waals surface area contributed by atoms with Gasteiger partial charge in [0.15, 0.2) is 0 Å². The molecule has 1 aromatic rings. The van der Waals surface area contributed by atoms with Crippen LogP contribution in [0.4, 0.5) is 10.5 Å². The largest absolute Gasteiger partial charge is 0.495 e. The molecule has 2 amide bonds. The van der Waals surface area contributed by atoms with Crippen molar-refractivity contribution in [3.8, 4) is 18.1 Å². The van der Waals surface area contributed by atoms with E-state index in [2.05, 4.69) is 11.2 Å². The third-order valence-corrected chi connectivity index (χ3v) is 4.14. The average molecular weight is 434 g/mol. The molecule has 8 heteroatoms. The Hall–Kier alpha value is -2.92. The summed E-state index contributed by atoms with van der Waals surface area (Å²) < 4.78 is 16.1. The van der Waals surface area contributed by atoms with Crippen LogP contribution in [0.15, 0.2) is 18.2 Å². The molecule has 0 aromatic heterocycles. The van der Waals surface area contributed by atoms with Gasteiger partial charge in [0, 0.05) is 44.8 Å². The molecule has 0 saturated heterocycles. The van der Waals surface area contributed by atoms with Crippen molar-refractivity contribution in [3.05, 3.63) is 23.8 Å². The predicted octanol–water partition coefficient (Wildman–Crippen LogP) is 3.06. The van der Waals surface area contributed by atoms with Crippen LogP contribution in [-0.4, -0.2) is 62.5 Å². The number of terminal acetylenes is 1. The Morgan fingerprint density at radius 3 is 2.55 bits per heavy atom. The van der Waals surface area contributed by atoms with Crippen molar-refractivity contribution in [2.75, 3.05) is 45.7 Å². The Morgan fingerprint density at radius 2 is 1.90 bits per heavy atom. The van der Waals surface area contributed by atoms with E-state index in [9.17, 15) is 9.59 Å². The molecule has 0 radical (unpaired) electrons. The van der Waals surface area contributed by atoms with Crippen LogP contribution in [0.2, 0.25) is 0 Å². The first-order valence-corrected chi connectivity index (χ1v) is 10.4. The number of nitrogens with one attached hydrogen (secondary N) is 1. The minimum atomic E-state index is -0.552. The molecule has 8 nitrogen and oxygen atoms in total. The molecule has 0 aliphatic rings. The molecule has 172 valence electrons. The van der Waals surface area contributed by atoms with Gasteiger partial charge in [-0.05, 0) is 51.8 Å². The van der Waals surface area contributed by atoms with Crippen molar-refractivity contribution in [2.24, 2.45) is 0 Å². The number of benzene rings is 1. The Labute approximate surface area is 185 Å². The van der Waals surface area contributed by atoms with Crippen molar-refractivity contribution in [2.45, 2.75) is 45.6 Å². The first-order valence-electron chi connectivity index (χ1n) is 10.4. The number of nitrogens with zero attached hydrogens (tertiary/aromatic N) is 1. The zero-order valence-corrected chi connectivity index (χ0v) is 19.0. The summed E-state index contributed by atoms with van der Waals surface area (Å²) in [5, 5.41) is 2.84. The van der Waals surface area contributed by atoms with Crippen molar-refractivity contribution in [1.82, 2.24) is 10.2 Å². The smallest absolute Gasteiger partial charge is 0.410 e. The Bertz CT molecular complexity index is 753. The highest BCUT2D eigenvalue weighted by Gasteiger charge is 2.21. The van der Waals surface area contributed by atoms with Gasteiger partial charge >= 0.3 is 6.09 Å². The van der Waals surface area contributed by atoms with E-state index in [1.807, 2.05) is 20.8 Å².